The number of carbonyl (C=O) groups excluding carboxylic acids is 3. The van der Waals surface area contributed by atoms with Gasteiger partial charge in [0.2, 0.25) is 0 Å². The second kappa shape index (κ2) is 62.9. The van der Waals surface area contributed by atoms with Crippen molar-refractivity contribution in [3.63, 3.8) is 0 Å². The molecule has 0 aromatic heterocycles. The van der Waals surface area contributed by atoms with E-state index >= 15 is 0 Å². The van der Waals surface area contributed by atoms with Crippen LogP contribution in [0, 0.1) is 0 Å². The molecule has 0 fully saturated rings. The first-order chi connectivity index (χ1) is 36.5. The summed E-state index contributed by atoms with van der Waals surface area (Å²) in [6, 6.07) is 0. The summed E-state index contributed by atoms with van der Waals surface area (Å²) in [7, 11) is 0. The lowest BCUT2D eigenvalue weighted by molar-refractivity contribution is -0.167. The van der Waals surface area contributed by atoms with E-state index in [1.54, 1.807) is 0 Å². The molecule has 0 bridgehead atoms. The number of carbonyl (C=O) groups is 3. The lowest BCUT2D eigenvalue weighted by Crippen LogP contribution is -2.30. The monoisotopic (exact) mass is 1040 g/mol. The van der Waals surface area contributed by atoms with Crippen LogP contribution in [0.3, 0.4) is 0 Å². The smallest absolute Gasteiger partial charge is 0.306 e. The van der Waals surface area contributed by atoms with Crippen LogP contribution in [0.25, 0.3) is 0 Å². The molecule has 1 unspecified atom stereocenters. The molecular weight excluding hydrogens is 913 g/mol. The maximum absolute atomic E-state index is 12.9. The molecule has 0 heterocycles. The lowest BCUT2D eigenvalue weighted by Gasteiger charge is -2.18. The van der Waals surface area contributed by atoms with E-state index in [0.29, 0.717) is 19.3 Å². The number of ether oxygens (including phenoxy) is 3. The molecule has 432 valence electrons. The zero-order valence-electron chi connectivity index (χ0n) is 49.6. The molecule has 0 aromatic carbocycles. The zero-order valence-corrected chi connectivity index (χ0v) is 49.6. The standard InChI is InChI=1S/C68H124O6/c1-4-7-10-13-16-19-22-25-27-29-30-31-32-33-34-35-36-37-38-39-41-43-46-49-52-55-58-61-67(70)73-64-65(63-72-66(69)60-57-54-51-48-45-42-24-21-18-15-12-9-6-3)74-68(71)62-59-56-53-50-47-44-40-28-26-23-20-17-14-11-8-5-2/h12,15,21-22,24-25,29-30,65H,4-11,13-14,16-20,23,26-28,31-64H2,1-3H3/b15-12-,24-21-,25-22-,30-29-. The highest BCUT2D eigenvalue weighted by molar-refractivity contribution is 5.71. The Morgan fingerprint density at radius 3 is 0.797 bits per heavy atom. The third kappa shape index (κ3) is 60.2. The van der Waals surface area contributed by atoms with Gasteiger partial charge in [0.15, 0.2) is 6.10 Å². The van der Waals surface area contributed by atoms with Gasteiger partial charge in [0.1, 0.15) is 13.2 Å². The fraction of sp³-hybridized carbons (Fsp3) is 0.838. The van der Waals surface area contributed by atoms with Crippen molar-refractivity contribution in [3.8, 4) is 0 Å². The average Bonchev–Trinajstić information content (AvgIpc) is 3.40. The van der Waals surface area contributed by atoms with Gasteiger partial charge in [0.25, 0.3) is 0 Å². The van der Waals surface area contributed by atoms with E-state index in [1.165, 1.54) is 218 Å². The fourth-order valence-electron chi connectivity index (χ4n) is 9.63. The summed E-state index contributed by atoms with van der Waals surface area (Å²) in [5.41, 5.74) is 0. The summed E-state index contributed by atoms with van der Waals surface area (Å²) >= 11 is 0. The predicted molar refractivity (Wildman–Crippen MR) is 321 cm³/mol. The molecule has 0 saturated heterocycles. The molecule has 0 aliphatic heterocycles. The molecule has 0 aromatic rings. The van der Waals surface area contributed by atoms with Crippen LogP contribution in [0.5, 0.6) is 0 Å². The Kier molecular flexibility index (Phi) is 60.7. The minimum absolute atomic E-state index is 0.0735. The molecule has 0 saturated carbocycles. The van der Waals surface area contributed by atoms with Crippen molar-refractivity contribution in [2.45, 2.75) is 354 Å². The molecule has 0 N–H and O–H groups in total. The first kappa shape index (κ1) is 71.4. The minimum atomic E-state index is -0.776. The highest BCUT2D eigenvalue weighted by Gasteiger charge is 2.19. The molecule has 0 radical (unpaired) electrons. The maximum atomic E-state index is 12.9. The topological polar surface area (TPSA) is 78.9 Å². The molecular formula is C68H124O6. The quantitative estimate of drug-likeness (QED) is 0.0261. The van der Waals surface area contributed by atoms with Gasteiger partial charge < -0.3 is 14.2 Å². The van der Waals surface area contributed by atoms with Crippen molar-refractivity contribution < 1.29 is 28.6 Å². The number of rotatable bonds is 60. The number of hydrogen-bond donors (Lipinski definition) is 0. The van der Waals surface area contributed by atoms with Crippen LogP contribution in [-0.2, 0) is 28.6 Å². The normalized spacial score (nSPS) is 12.3. The van der Waals surface area contributed by atoms with Gasteiger partial charge in [-0.05, 0) is 77.0 Å². The van der Waals surface area contributed by atoms with E-state index < -0.39 is 6.10 Å². The SMILES string of the molecule is CCC/C=C\C/C=C\CCCCCCCC(=O)OCC(COC(=O)CCCCCCCCCCCCCCCCC/C=C\C/C=C\CCCCCCC)OC(=O)CCCCCCCCCCCCCCCCCC. The van der Waals surface area contributed by atoms with Crippen molar-refractivity contribution in [2.75, 3.05) is 13.2 Å². The molecule has 1 atom stereocenters. The Balaban J connectivity index is 4.21. The predicted octanol–water partition coefficient (Wildman–Crippen LogP) is 22.2. The molecule has 6 nitrogen and oxygen atoms in total. The minimum Gasteiger partial charge on any atom is -0.462 e. The van der Waals surface area contributed by atoms with Crippen molar-refractivity contribution in [1.29, 1.82) is 0 Å². The van der Waals surface area contributed by atoms with E-state index in [2.05, 4.69) is 69.4 Å². The number of esters is 3. The van der Waals surface area contributed by atoms with E-state index in [-0.39, 0.29) is 31.1 Å². The van der Waals surface area contributed by atoms with E-state index in [1.807, 2.05) is 0 Å². The first-order valence-corrected chi connectivity index (χ1v) is 32.6. The Bertz CT molecular complexity index is 1280. The second-order valence-corrected chi connectivity index (χ2v) is 22.0. The molecule has 0 rings (SSSR count). The van der Waals surface area contributed by atoms with Crippen LogP contribution < -0.4 is 0 Å². The van der Waals surface area contributed by atoms with E-state index in [9.17, 15) is 14.4 Å². The molecule has 0 amide bonds. The molecule has 6 heteroatoms. The largest absolute Gasteiger partial charge is 0.462 e. The molecule has 74 heavy (non-hydrogen) atoms. The van der Waals surface area contributed by atoms with Gasteiger partial charge >= 0.3 is 17.9 Å². The summed E-state index contributed by atoms with van der Waals surface area (Å²) in [6.07, 6.45) is 78.4. The van der Waals surface area contributed by atoms with Crippen LogP contribution in [0.2, 0.25) is 0 Å². The van der Waals surface area contributed by atoms with Crippen molar-refractivity contribution in [2.24, 2.45) is 0 Å². The third-order valence-corrected chi connectivity index (χ3v) is 14.5. The molecule has 0 aliphatic rings. The van der Waals surface area contributed by atoms with E-state index in [4.69, 9.17) is 14.2 Å². The van der Waals surface area contributed by atoms with Gasteiger partial charge in [0.05, 0.1) is 0 Å². The van der Waals surface area contributed by atoms with Gasteiger partial charge in [-0.2, -0.15) is 0 Å². The van der Waals surface area contributed by atoms with Crippen molar-refractivity contribution in [3.05, 3.63) is 48.6 Å². The van der Waals surface area contributed by atoms with Gasteiger partial charge in [-0.3, -0.25) is 14.4 Å². The van der Waals surface area contributed by atoms with Gasteiger partial charge in [-0.15, -0.1) is 0 Å². The van der Waals surface area contributed by atoms with Gasteiger partial charge in [-0.25, -0.2) is 0 Å². The third-order valence-electron chi connectivity index (χ3n) is 14.5. The van der Waals surface area contributed by atoms with Gasteiger partial charge in [0, 0.05) is 19.3 Å². The number of hydrogen-bond acceptors (Lipinski definition) is 6. The first-order valence-electron chi connectivity index (χ1n) is 32.6. The number of allylic oxidation sites excluding steroid dienone is 8. The van der Waals surface area contributed by atoms with Crippen LogP contribution >= 0.6 is 0 Å². The zero-order chi connectivity index (χ0) is 53.6. The molecule has 0 aliphatic carbocycles. The fourth-order valence-corrected chi connectivity index (χ4v) is 9.63. The summed E-state index contributed by atoms with van der Waals surface area (Å²) in [5.74, 6) is -0.867. The highest BCUT2D eigenvalue weighted by atomic mass is 16.6. The highest BCUT2D eigenvalue weighted by Crippen LogP contribution is 2.17. The summed E-state index contributed by atoms with van der Waals surface area (Å²) in [4.78, 5) is 38.3. The lowest BCUT2D eigenvalue weighted by atomic mass is 10.0. The summed E-state index contributed by atoms with van der Waals surface area (Å²) in [6.45, 7) is 6.61. The second-order valence-electron chi connectivity index (χ2n) is 22.0. The van der Waals surface area contributed by atoms with Crippen LogP contribution in [-0.4, -0.2) is 37.2 Å². The van der Waals surface area contributed by atoms with Gasteiger partial charge in [-0.1, -0.05) is 301 Å². The van der Waals surface area contributed by atoms with E-state index in [0.717, 1.165) is 89.9 Å². The van der Waals surface area contributed by atoms with Crippen molar-refractivity contribution >= 4 is 17.9 Å². The van der Waals surface area contributed by atoms with Crippen LogP contribution in [0.15, 0.2) is 48.6 Å². The van der Waals surface area contributed by atoms with Crippen molar-refractivity contribution in [1.82, 2.24) is 0 Å². The Morgan fingerprint density at radius 2 is 0.514 bits per heavy atom. The summed E-state index contributed by atoms with van der Waals surface area (Å²) in [5, 5.41) is 0. The Labute approximate surface area is 460 Å². The summed E-state index contributed by atoms with van der Waals surface area (Å²) < 4.78 is 16.9. The van der Waals surface area contributed by atoms with Crippen LogP contribution in [0.1, 0.15) is 348 Å². The molecule has 0 spiro atoms. The maximum Gasteiger partial charge on any atom is 0.306 e. The number of unbranched alkanes of at least 4 members (excludes halogenated alkanes) is 41. The Morgan fingerprint density at radius 1 is 0.270 bits per heavy atom. The average molecular weight is 1040 g/mol. The Hall–Kier alpha value is -2.63. The van der Waals surface area contributed by atoms with Crippen LogP contribution in [0.4, 0.5) is 0 Å².